The molecule has 3 aromatic rings. The highest BCUT2D eigenvalue weighted by molar-refractivity contribution is 6.51. The lowest BCUT2D eigenvalue weighted by Crippen LogP contribution is -2.29. The third kappa shape index (κ3) is 5.09. The first-order chi connectivity index (χ1) is 17.7. The van der Waals surface area contributed by atoms with E-state index < -0.39 is 17.7 Å². The molecule has 0 saturated carbocycles. The van der Waals surface area contributed by atoms with Gasteiger partial charge in [0.15, 0.2) is 0 Å². The molecule has 0 aliphatic carbocycles. The maximum atomic E-state index is 13.4. The number of hydrogen-bond donors (Lipinski definition) is 2. The zero-order valence-corrected chi connectivity index (χ0v) is 21.2. The van der Waals surface area contributed by atoms with Crippen LogP contribution in [0.25, 0.3) is 5.76 Å². The Balaban J connectivity index is 1.86. The smallest absolute Gasteiger partial charge is 0.300 e. The number of nitrogens with zero attached hydrogens (tertiary/aromatic N) is 2. The molecule has 1 unspecified atom stereocenters. The average Bonchev–Trinajstić information content (AvgIpc) is 3.15. The summed E-state index contributed by atoms with van der Waals surface area (Å²) in [7, 11) is 0. The number of ether oxygens (including phenoxy) is 1. The zero-order chi connectivity index (χ0) is 26.7. The Morgan fingerprint density at radius 1 is 1.08 bits per heavy atom. The summed E-state index contributed by atoms with van der Waals surface area (Å²) in [5, 5.41) is 14.1. The molecule has 2 N–H and O–H groups in total. The van der Waals surface area contributed by atoms with Gasteiger partial charge >= 0.3 is 0 Å². The van der Waals surface area contributed by atoms with Crippen LogP contribution in [-0.2, 0) is 14.4 Å². The van der Waals surface area contributed by atoms with Crippen molar-refractivity contribution in [1.82, 2.24) is 4.98 Å². The van der Waals surface area contributed by atoms with E-state index in [4.69, 9.17) is 4.74 Å². The molecule has 2 heterocycles. The van der Waals surface area contributed by atoms with Crippen molar-refractivity contribution in [2.24, 2.45) is 0 Å². The molecule has 190 valence electrons. The van der Waals surface area contributed by atoms with Gasteiger partial charge in [0, 0.05) is 36.3 Å². The molecule has 2 amide bonds. The van der Waals surface area contributed by atoms with Crippen molar-refractivity contribution in [2.75, 3.05) is 16.8 Å². The number of pyridine rings is 1. The molecule has 1 aromatic heterocycles. The largest absolute Gasteiger partial charge is 0.507 e. The summed E-state index contributed by atoms with van der Waals surface area (Å²) in [5.74, 6) is -1.21. The van der Waals surface area contributed by atoms with Crippen LogP contribution in [0.1, 0.15) is 56.3 Å². The second kappa shape index (κ2) is 10.7. The summed E-state index contributed by atoms with van der Waals surface area (Å²) in [5.41, 5.74) is 2.92. The number of aliphatic hydroxyl groups excluding tert-OH is 1. The van der Waals surface area contributed by atoms with Gasteiger partial charge in [-0.1, -0.05) is 13.8 Å². The molecule has 8 nitrogen and oxygen atoms in total. The van der Waals surface area contributed by atoms with Gasteiger partial charge in [0.05, 0.1) is 18.2 Å². The van der Waals surface area contributed by atoms with E-state index in [-0.39, 0.29) is 23.2 Å². The molecule has 8 heteroatoms. The summed E-state index contributed by atoms with van der Waals surface area (Å²) in [4.78, 5) is 43.5. The predicted octanol–water partition coefficient (Wildman–Crippen LogP) is 5.19. The number of carbonyl (C=O) groups is 3. The lowest BCUT2D eigenvalue weighted by molar-refractivity contribution is -0.132. The Labute approximate surface area is 215 Å². The van der Waals surface area contributed by atoms with E-state index >= 15 is 0 Å². The third-order valence-electron chi connectivity index (χ3n) is 6.14. The van der Waals surface area contributed by atoms with Crippen LogP contribution in [0.3, 0.4) is 0 Å². The Morgan fingerprint density at radius 3 is 2.35 bits per heavy atom. The maximum Gasteiger partial charge on any atom is 0.300 e. The minimum absolute atomic E-state index is 0.0130. The molecule has 4 rings (SSSR count). The quantitative estimate of drug-likeness (QED) is 0.263. The van der Waals surface area contributed by atoms with Crippen molar-refractivity contribution in [2.45, 2.75) is 39.7 Å². The Bertz CT molecular complexity index is 1360. The van der Waals surface area contributed by atoms with Gasteiger partial charge in [-0.25, -0.2) is 0 Å². The second-order valence-corrected chi connectivity index (χ2v) is 9.02. The first kappa shape index (κ1) is 25.6. The van der Waals surface area contributed by atoms with Gasteiger partial charge < -0.3 is 15.2 Å². The number of amides is 2. The molecule has 2 aromatic carbocycles. The Morgan fingerprint density at radius 2 is 1.76 bits per heavy atom. The van der Waals surface area contributed by atoms with Gasteiger partial charge in [-0.15, -0.1) is 0 Å². The molecule has 0 spiro atoms. The number of nitrogens with one attached hydrogen (secondary N) is 1. The standard InChI is InChI=1S/C29H29N3O5/c1-5-37-24-11-6-20(16-23(24)17(2)3)27(34)25-26(19-12-14-30-15-13-19)32(29(36)28(25)35)22-9-7-21(8-10-22)31-18(4)33/h6-17,26,34H,5H2,1-4H3,(H,31,33)/b27-25-. The van der Waals surface area contributed by atoms with Gasteiger partial charge in [0.1, 0.15) is 11.5 Å². The number of benzene rings is 2. The van der Waals surface area contributed by atoms with Crippen molar-refractivity contribution in [3.05, 3.63) is 89.3 Å². The fraction of sp³-hybridized carbons (Fsp3) is 0.241. The van der Waals surface area contributed by atoms with Crippen LogP contribution >= 0.6 is 0 Å². The lowest BCUT2D eigenvalue weighted by Gasteiger charge is -2.25. The van der Waals surface area contributed by atoms with E-state index in [1.807, 2.05) is 20.8 Å². The fourth-order valence-corrected chi connectivity index (χ4v) is 4.46. The predicted molar refractivity (Wildman–Crippen MR) is 141 cm³/mol. The van der Waals surface area contributed by atoms with E-state index in [9.17, 15) is 19.5 Å². The van der Waals surface area contributed by atoms with Crippen molar-refractivity contribution in [3.63, 3.8) is 0 Å². The molecule has 1 aliphatic heterocycles. The molecule has 0 bridgehead atoms. The maximum absolute atomic E-state index is 13.4. The van der Waals surface area contributed by atoms with Gasteiger partial charge in [0.2, 0.25) is 5.91 Å². The molecule has 37 heavy (non-hydrogen) atoms. The molecule has 1 fully saturated rings. The monoisotopic (exact) mass is 499 g/mol. The number of rotatable bonds is 7. The SMILES string of the molecule is CCOc1ccc(/C(O)=C2/C(=O)C(=O)N(c3ccc(NC(C)=O)cc3)C2c2ccncc2)cc1C(C)C. The average molecular weight is 500 g/mol. The highest BCUT2D eigenvalue weighted by atomic mass is 16.5. The van der Waals surface area contributed by atoms with Crippen molar-refractivity contribution in [3.8, 4) is 5.75 Å². The van der Waals surface area contributed by atoms with Crippen LogP contribution in [0.5, 0.6) is 5.75 Å². The second-order valence-electron chi connectivity index (χ2n) is 9.02. The highest BCUT2D eigenvalue weighted by Gasteiger charge is 2.47. The highest BCUT2D eigenvalue weighted by Crippen LogP contribution is 2.42. The van der Waals surface area contributed by atoms with Gasteiger partial charge in [-0.2, -0.15) is 0 Å². The fourth-order valence-electron chi connectivity index (χ4n) is 4.46. The molecule has 1 atom stereocenters. The van der Waals surface area contributed by atoms with Gasteiger partial charge in [-0.05, 0) is 78.6 Å². The van der Waals surface area contributed by atoms with Gasteiger partial charge in [0.25, 0.3) is 11.7 Å². The lowest BCUT2D eigenvalue weighted by atomic mass is 9.93. The van der Waals surface area contributed by atoms with E-state index in [1.165, 1.54) is 11.8 Å². The topological polar surface area (TPSA) is 109 Å². The summed E-state index contributed by atoms with van der Waals surface area (Å²) in [6, 6.07) is 14.4. The molecule has 1 saturated heterocycles. The Kier molecular flexibility index (Phi) is 7.38. The summed E-state index contributed by atoms with van der Waals surface area (Å²) >= 11 is 0. The van der Waals surface area contributed by atoms with Crippen LogP contribution in [0, 0.1) is 0 Å². The number of Topliss-reactive ketones (excluding diaryl/α,β-unsaturated/α-hetero) is 1. The number of aromatic nitrogens is 1. The van der Waals surface area contributed by atoms with Gasteiger partial charge in [-0.3, -0.25) is 24.3 Å². The van der Waals surface area contributed by atoms with E-state index in [2.05, 4.69) is 10.3 Å². The van der Waals surface area contributed by atoms with Crippen molar-refractivity contribution < 1.29 is 24.2 Å². The number of anilines is 2. The first-order valence-corrected chi connectivity index (χ1v) is 12.1. The number of ketones is 1. The zero-order valence-electron chi connectivity index (χ0n) is 21.2. The van der Waals surface area contributed by atoms with Crippen LogP contribution in [-0.4, -0.2) is 34.3 Å². The van der Waals surface area contributed by atoms with Crippen LogP contribution in [0.2, 0.25) is 0 Å². The summed E-state index contributed by atoms with van der Waals surface area (Å²) in [6.45, 7) is 7.84. The van der Waals surface area contributed by atoms with Crippen LogP contribution in [0.15, 0.2) is 72.6 Å². The summed E-state index contributed by atoms with van der Waals surface area (Å²) < 4.78 is 5.74. The van der Waals surface area contributed by atoms with E-state index in [0.29, 0.717) is 34.9 Å². The molecule has 0 radical (unpaired) electrons. The van der Waals surface area contributed by atoms with Crippen LogP contribution < -0.4 is 15.0 Å². The number of carbonyl (C=O) groups excluding carboxylic acids is 3. The normalized spacial score (nSPS) is 16.8. The van der Waals surface area contributed by atoms with E-state index in [1.54, 1.807) is 67.0 Å². The molecular weight excluding hydrogens is 470 g/mol. The molecule has 1 aliphatic rings. The minimum Gasteiger partial charge on any atom is -0.507 e. The van der Waals surface area contributed by atoms with Crippen molar-refractivity contribution in [1.29, 1.82) is 0 Å². The van der Waals surface area contributed by atoms with Crippen molar-refractivity contribution >= 4 is 34.7 Å². The van der Waals surface area contributed by atoms with E-state index in [0.717, 1.165) is 5.56 Å². The summed E-state index contributed by atoms with van der Waals surface area (Å²) in [6.07, 6.45) is 3.15. The minimum atomic E-state index is -0.872. The first-order valence-electron chi connectivity index (χ1n) is 12.1. The number of hydrogen-bond acceptors (Lipinski definition) is 6. The Hall–Kier alpha value is -4.46. The molecular formula is C29H29N3O5. The number of aliphatic hydroxyl groups is 1. The van der Waals surface area contributed by atoms with Crippen LogP contribution in [0.4, 0.5) is 11.4 Å². The third-order valence-corrected chi connectivity index (χ3v) is 6.14.